The van der Waals surface area contributed by atoms with Crippen LogP contribution in [0.5, 0.6) is 0 Å². The monoisotopic (exact) mass is 271 g/mol. The zero-order valence-electron chi connectivity index (χ0n) is 10.4. The number of hydrogen-bond acceptors (Lipinski definition) is 4. The smallest absolute Gasteiger partial charge is 0.139 e. The van der Waals surface area contributed by atoms with E-state index >= 15 is 0 Å². The molecule has 0 saturated carbocycles. The number of aliphatic hydroxyl groups excluding tert-OH is 1. The molecule has 0 bridgehead atoms. The van der Waals surface area contributed by atoms with Gasteiger partial charge in [0.15, 0.2) is 0 Å². The molecule has 1 unspecified atom stereocenters. The van der Waals surface area contributed by atoms with Crippen molar-refractivity contribution in [2.75, 3.05) is 0 Å². The summed E-state index contributed by atoms with van der Waals surface area (Å²) in [6.45, 7) is 1.93. The molecule has 3 rings (SSSR count). The standard InChI is InChI=1S/C14H13N3OS/c1-10-16-12(9-19-10)14(18)13-7-8-15-17(13)11-5-3-2-4-6-11/h2-9,14,18H,1H3. The van der Waals surface area contributed by atoms with E-state index in [1.807, 2.05) is 48.7 Å². The first-order chi connectivity index (χ1) is 9.25. The van der Waals surface area contributed by atoms with Crippen molar-refractivity contribution in [3.63, 3.8) is 0 Å². The summed E-state index contributed by atoms with van der Waals surface area (Å²) in [4.78, 5) is 4.33. The Morgan fingerprint density at radius 3 is 2.68 bits per heavy atom. The lowest BCUT2D eigenvalue weighted by molar-refractivity contribution is 0.207. The van der Waals surface area contributed by atoms with Crippen molar-refractivity contribution in [3.05, 3.63) is 64.4 Å². The molecular formula is C14H13N3OS. The molecule has 0 aliphatic carbocycles. The van der Waals surface area contributed by atoms with E-state index in [9.17, 15) is 5.11 Å². The zero-order chi connectivity index (χ0) is 13.2. The second-order valence-electron chi connectivity index (χ2n) is 4.20. The average molecular weight is 271 g/mol. The van der Waals surface area contributed by atoms with Crippen LogP contribution in [-0.4, -0.2) is 19.9 Å². The van der Waals surface area contributed by atoms with E-state index < -0.39 is 6.10 Å². The van der Waals surface area contributed by atoms with Crippen LogP contribution in [0.15, 0.2) is 48.0 Å². The fourth-order valence-corrected chi connectivity index (χ4v) is 2.59. The van der Waals surface area contributed by atoms with Gasteiger partial charge < -0.3 is 5.11 Å². The molecule has 1 N–H and O–H groups in total. The number of aryl methyl sites for hydroxylation is 1. The van der Waals surface area contributed by atoms with Crippen LogP contribution in [0.1, 0.15) is 22.5 Å². The highest BCUT2D eigenvalue weighted by Gasteiger charge is 2.18. The molecule has 96 valence electrons. The van der Waals surface area contributed by atoms with Gasteiger partial charge in [0, 0.05) is 11.6 Å². The lowest BCUT2D eigenvalue weighted by atomic mass is 10.2. The van der Waals surface area contributed by atoms with Crippen LogP contribution in [0.25, 0.3) is 5.69 Å². The summed E-state index contributed by atoms with van der Waals surface area (Å²) in [6.07, 6.45) is 0.928. The summed E-state index contributed by atoms with van der Waals surface area (Å²) < 4.78 is 1.74. The maximum absolute atomic E-state index is 10.4. The molecular weight excluding hydrogens is 258 g/mol. The predicted octanol–water partition coefficient (Wildman–Crippen LogP) is 2.72. The molecule has 2 aromatic heterocycles. The van der Waals surface area contributed by atoms with Crippen molar-refractivity contribution < 1.29 is 5.11 Å². The molecule has 1 atom stereocenters. The molecule has 1 aromatic carbocycles. The third kappa shape index (κ3) is 2.30. The maximum atomic E-state index is 10.4. The fraction of sp³-hybridized carbons (Fsp3) is 0.143. The van der Waals surface area contributed by atoms with Crippen molar-refractivity contribution in [2.45, 2.75) is 13.0 Å². The van der Waals surface area contributed by atoms with Gasteiger partial charge in [-0.05, 0) is 25.1 Å². The van der Waals surface area contributed by atoms with Gasteiger partial charge in [0.1, 0.15) is 6.10 Å². The summed E-state index contributed by atoms with van der Waals surface area (Å²) in [7, 11) is 0. The van der Waals surface area contributed by atoms with Gasteiger partial charge in [-0.2, -0.15) is 5.10 Å². The van der Waals surface area contributed by atoms with Crippen LogP contribution < -0.4 is 0 Å². The first kappa shape index (κ1) is 12.1. The first-order valence-electron chi connectivity index (χ1n) is 5.95. The molecule has 4 nitrogen and oxygen atoms in total. The maximum Gasteiger partial charge on any atom is 0.139 e. The Labute approximate surface area is 115 Å². The number of aliphatic hydroxyl groups is 1. The second kappa shape index (κ2) is 4.95. The Balaban J connectivity index is 2.01. The number of para-hydroxylation sites is 1. The lowest BCUT2D eigenvalue weighted by Gasteiger charge is -2.11. The van der Waals surface area contributed by atoms with Crippen LogP contribution in [0.4, 0.5) is 0 Å². The van der Waals surface area contributed by atoms with Crippen molar-refractivity contribution >= 4 is 11.3 Å². The van der Waals surface area contributed by atoms with Crippen molar-refractivity contribution in [1.29, 1.82) is 0 Å². The molecule has 0 amide bonds. The minimum absolute atomic E-state index is 0.667. The molecule has 0 spiro atoms. The van der Waals surface area contributed by atoms with Gasteiger partial charge in [-0.25, -0.2) is 9.67 Å². The lowest BCUT2D eigenvalue weighted by Crippen LogP contribution is -2.08. The number of aromatic nitrogens is 3. The zero-order valence-corrected chi connectivity index (χ0v) is 11.2. The summed E-state index contributed by atoms with van der Waals surface area (Å²) in [6, 6.07) is 11.6. The Hall–Kier alpha value is -1.98. The number of rotatable bonds is 3. The molecule has 3 aromatic rings. The van der Waals surface area contributed by atoms with Crippen LogP contribution in [0.2, 0.25) is 0 Å². The molecule has 0 saturated heterocycles. The summed E-state index contributed by atoms with van der Waals surface area (Å²) >= 11 is 1.53. The van der Waals surface area contributed by atoms with Gasteiger partial charge in [0.05, 0.1) is 22.1 Å². The van der Waals surface area contributed by atoms with E-state index in [0.717, 1.165) is 16.4 Å². The number of nitrogens with zero attached hydrogens (tertiary/aromatic N) is 3. The molecule has 0 aliphatic heterocycles. The first-order valence-corrected chi connectivity index (χ1v) is 6.83. The quantitative estimate of drug-likeness (QED) is 0.797. The molecule has 2 heterocycles. The number of hydrogen-bond donors (Lipinski definition) is 1. The summed E-state index contributed by atoms with van der Waals surface area (Å²) in [5.74, 6) is 0. The van der Waals surface area contributed by atoms with Gasteiger partial charge in [-0.15, -0.1) is 11.3 Å². The number of benzene rings is 1. The minimum atomic E-state index is -0.757. The highest BCUT2D eigenvalue weighted by molar-refractivity contribution is 7.09. The van der Waals surface area contributed by atoms with Crippen LogP contribution in [0, 0.1) is 6.92 Å². The van der Waals surface area contributed by atoms with Gasteiger partial charge >= 0.3 is 0 Å². The largest absolute Gasteiger partial charge is 0.380 e. The number of thiazole rings is 1. The Kier molecular flexibility index (Phi) is 3.15. The predicted molar refractivity (Wildman–Crippen MR) is 74.5 cm³/mol. The summed E-state index contributed by atoms with van der Waals surface area (Å²) in [5.41, 5.74) is 2.31. The third-order valence-corrected chi connectivity index (χ3v) is 3.66. The average Bonchev–Trinajstić information content (AvgIpc) is 3.07. The van der Waals surface area contributed by atoms with Crippen LogP contribution >= 0.6 is 11.3 Å². The fourth-order valence-electron chi connectivity index (χ4n) is 1.96. The van der Waals surface area contributed by atoms with E-state index in [4.69, 9.17) is 0 Å². The van der Waals surface area contributed by atoms with E-state index in [0.29, 0.717) is 5.69 Å². The molecule has 19 heavy (non-hydrogen) atoms. The Morgan fingerprint density at radius 1 is 1.21 bits per heavy atom. The van der Waals surface area contributed by atoms with Gasteiger partial charge in [0.25, 0.3) is 0 Å². The highest BCUT2D eigenvalue weighted by atomic mass is 32.1. The Morgan fingerprint density at radius 2 is 2.00 bits per heavy atom. The normalized spacial score (nSPS) is 12.5. The van der Waals surface area contributed by atoms with E-state index in [-0.39, 0.29) is 0 Å². The molecule has 5 heteroatoms. The highest BCUT2D eigenvalue weighted by Crippen LogP contribution is 2.24. The van der Waals surface area contributed by atoms with Gasteiger partial charge in [-0.1, -0.05) is 18.2 Å². The molecule has 0 aliphatic rings. The van der Waals surface area contributed by atoms with E-state index in [1.54, 1.807) is 10.9 Å². The minimum Gasteiger partial charge on any atom is -0.380 e. The summed E-state index contributed by atoms with van der Waals surface area (Å²) in [5, 5.41) is 17.5. The topological polar surface area (TPSA) is 50.9 Å². The van der Waals surface area contributed by atoms with Crippen molar-refractivity contribution in [1.82, 2.24) is 14.8 Å². The van der Waals surface area contributed by atoms with E-state index in [1.165, 1.54) is 11.3 Å². The van der Waals surface area contributed by atoms with Crippen LogP contribution in [-0.2, 0) is 0 Å². The van der Waals surface area contributed by atoms with Crippen molar-refractivity contribution in [2.24, 2.45) is 0 Å². The Bertz CT molecular complexity index is 675. The van der Waals surface area contributed by atoms with Gasteiger partial charge in [0.2, 0.25) is 0 Å². The van der Waals surface area contributed by atoms with Gasteiger partial charge in [-0.3, -0.25) is 0 Å². The third-order valence-electron chi connectivity index (χ3n) is 2.87. The van der Waals surface area contributed by atoms with Crippen molar-refractivity contribution in [3.8, 4) is 5.69 Å². The molecule has 0 fully saturated rings. The molecule has 0 radical (unpaired) electrons. The second-order valence-corrected chi connectivity index (χ2v) is 5.26. The van der Waals surface area contributed by atoms with Crippen LogP contribution in [0.3, 0.4) is 0 Å². The SMILES string of the molecule is Cc1nc(C(O)c2ccnn2-c2ccccc2)cs1. The van der Waals surface area contributed by atoms with E-state index in [2.05, 4.69) is 10.1 Å².